The molecular formula is C16H24N4O2S. The quantitative estimate of drug-likeness (QED) is 0.856. The molecule has 0 aromatic carbocycles. The molecule has 1 aliphatic carbocycles. The first kappa shape index (κ1) is 16.4. The van der Waals surface area contributed by atoms with Crippen molar-refractivity contribution in [3.8, 4) is 0 Å². The van der Waals surface area contributed by atoms with Crippen molar-refractivity contribution in [1.29, 1.82) is 0 Å². The molecule has 23 heavy (non-hydrogen) atoms. The number of rotatable bonds is 5. The maximum Gasteiger partial charge on any atom is 0.222 e. The Morgan fingerprint density at radius 2 is 2.17 bits per heavy atom. The second-order valence-electron chi connectivity index (χ2n) is 6.49. The molecule has 0 radical (unpaired) electrons. The molecule has 2 fully saturated rings. The minimum atomic E-state index is 0.0257. The second-order valence-corrected chi connectivity index (χ2v) is 7.75. The van der Waals surface area contributed by atoms with Crippen LogP contribution >= 0.6 is 11.8 Å². The summed E-state index contributed by atoms with van der Waals surface area (Å²) in [5, 5.41) is 7.62. The molecule has 2 N–H and O–H groups in total. The summed E-state index contributed by atoms with van der Waals surface area (Å²) in [5.74, 6) is 0.132. The van der Waals surface area contributed by atoms with Crippen LogP contribution in [-0.2, 0) is 16.6 Å². The van der Waals surface area contributed by atoms with Crippen molar-refractivity contribution in [3.63, 3.8) is 0 Å². The Labute approximate surface area is 140 Å². The molecule has 7 heteroatoms. The third-order valence-electron chi connectivity index (χ3n) is 4.61. The average Bonchev–Trinajstić information content (AvgIpc) is 3.10. The van der Waals surface area contributed by atoms with Crippen molar-refractivity contribution in [2.75, 3.05) is 0 Å². The van der Waals surface area contributed by atoms with Crippen molar-refractivity contribution in [1.82, 2.24) is 20.2 Å². The lowest BCUT2D eigenvalue weighted by Crippen LogP contribution is -2.40. The first-order valence-corrected chi connectivity index (χ1v) is 9.21. The van der Waals surface area contributed by atoms with Crippen molar-refractivity contribution in [3.05, 3.63) is 12.4 Å². The molecule has 1 saturated carbocycles. The SMILES string of the molecule is Cn1ccnc1SC1CCC(NC(=O)C[C@@H]2CCC(=O)N2)CC1. The summed E-state index contributed by atoms with van der Waals surface area (Å²) in [6, 6.07) is 0.302. The largest absolute Gasteiger partial charge is 0.353 e. The zero-order valence-electron chi connectivity index (χ0n) is 13.5. The van der Waals surface area contributed by atoms with E-state index >= 15 is 0 Å². The van der Waals surface area contributed by atoms with Crippen LogP contribution in [0, 0.1) is 0 Å². The fourth-order valence-corrected chi connectivity index (χ4v) is 4.44. The highest BCUT2D eigenvalue weighted by Gasteiger charge is 2.27. The number of nitrogens with one attached hydrogen (secondary N) is 2. The third-order valence-corrected chi connectivity index (χ3v) is 6.01. The van der Waals surface area contributed by atoms with Crippen LogP contribution in [0.1, 0.15) is 44.9 Å². The van der Waals surface area contributed by atoms with Crippen LogP contribution in [0.4, 0.5) is 0 Å². The summed E-state index contributed by atoms with van der Waals surface area (Å²) < 4.78 is 2.05. The van der Waals surface area contributed by atoms with Gasteiger partial charge in [-0.3, -0.25) is 9.59 Å². The monoisotopic (exact) mass is 336 g/mol. The van der Waals surface area contributed by atoms with Gasteiger partial charge < -0.3 is 15.2 Å². The fraction of sp³-hybridized carbons (Fsp3) is 0.688. The van der Waals surface area contributed by atoms with E-state index in [4.69, 9.17) is 0 Å². The Balaban J connectivity index is 1.38. The van der Waals surface area contributed by atoms with Gasteiger partial charge in [-0.2, -0.15) is 0 Å². The highest BCUT2D eigenvalue weighted by Crippen LogP contribution is 2.32. The van der Waals surface area contributed by atoms with Crippen LogP contribution in [-0.4, -0.2) is 38.7 Å². The maximum absolute atomic E-state index is 12.1. The molecule has 2 amide bonds. The summed E-state index contributed by atoms with van der Waals surface area (Å²) in [7, 11) is 2.02. The van der Waals surface area contributed by atoms with Gasteiger partial charge >= 0.3 is 0 Å². The molecule has 3 rings (SSSR count). The van der Waals surface area contributed by atoms with Crippen molar-refractivity contribution in [2.24, 2.45) is 7.05 Å². The molecule has 1 aliphatic heterocycles. The molecule has 1 aromatic rings. The summed E-state index contributed by atoms with van der Waals surface area (Å²) >= 11 is 1.84. The van der Waals surface area contributed by atoms with Gasteiger partial charge in [0, 0.05) is 49.6 Å². The van der Waals surface area contributed by atoms with Gasteiger partial charge in [-0.05, 0) is 32.1 Å². The number of carbonyl (C=O) groups excluding carboxylic acids is 2. The highest BCUT2D eigenvalue weighted by molar-refractivity contribution is 7.99. The second kappa shape index (κ2) is 7.38. The molecule has 2 heterocycles. The van der Waals surface area contributed by atoms with Gasteiger partial charge in [0.05, 0.1) is 0 Å². The number of imidazole rings is 1. The fourth-order valence-electron chi connectivity index (χ4n) is 3.28. The lowest BCUT2D eigenvalue weighted by molar-refractivity contribution is -0.122. The molecule has 0 unspecified atom stereocenters. The molecule has 0 spiro atoms. The number of aromatic nitrogens is 2. The molecule has 6 nitrogen and oxygen atoms in total. The van der Waals surface area contributed by atoms with Crippen molar-refractivity contribution in [2.45, 2.75) is 67.4 Å². The van der Waals surface area contributed by atoms with E-state index in [9.17, 15) is 9.59 Å². The first-order chi connectivity index (χ1) is 11.1. The summed E-state index contributed by atoms with van der Waals surface area (Å²) in [6.07, 6.45) is 9.77. The van der Waals surface area contributed by atoms with E-state index < -0.39 is 0 Å². The summed E-state index contributed by atoms with van der Waals surface area (Å²) in [5.41, 5.74) is 0. The molecule has 0 bridgehead atoms. The van der Waals surface area contributed by atoms with E-state index in [1.165, 1.54) is 0 Å². The number of hydrogen-bond acceptors (Lipinski definition) is 4. The number of thioether (sulfide) groups is 1. The molecule has 2 aliphatic rings. The lowest BCUT2D eigenvalue weighted by Gasteiger charge is -2.28. The Kier molecular flexibility index (Phi) is 5.25. The number of nitrogens with zero attached hydrogens (tertiary/aromatic N) is 2. The topological polar surface area (TPSA) is 76.0 Å². The van der Waals surface area contributed by atoms with E-state index in [2.05, 4.69) is 20.2 Å². The third kappa shape index (κ3) is 4.50. The van der Waals surface area contributed by atoms with Gasteiger partial charge in [0.15, 0.2) is 5.16 Å². The molecule has 126 valence electrons. The standard InChI is InChI=1S/C16H24N4O2S/c1-20-9-8-17-16(20)23-13-5-2-11(3-6-13)18-15(22)10-12-4-7-14(21)19-12/h8-9,11-13H,2-7,10H2,1H3,(H,18,22)(H,19,21)/t11?,12-,13?/m0/s1. The van der Waals surface area contributed by atoms with Crippen LogP contribution in [0.25, 0.3) is 0 Å². The van der Waals surface area contributed by atoms with Gasteiger partial charge in [0.2, 0.25) is 11.8 Å². The Morgan fingerprint density at radius 3 is 2.78 bits per heavy atom. The highest BCUT2D eigenvalue weighted by atomic mass is 32.2. The number of aryl methyl sites for hydroxylation is 1. The number of hydrogen-bond donors (Lipinski definition) is 2. The van der Waals surface area contributed by atoms with Gasteiger partial charge in [0.25, 0.3) is 0 Å². The van der Waals surface area contributed by atoms with Gasteiger partial charge in [-0.25, -0.2) is 4.98 Å². The maximum atomic E-state index is 12.1. The van der Waals surface area contributed by atoms with Gasteiger partial charge in [-0.15, -0.1) is 0 Å². The molecule has 1 saturated heterocycles. The van der Waals surface area contributed by atoms with Crippen LogP contribution in [0.15, 0.2) is 17.6 Å². The summed E-state index contributed by atoms with van der Waals surface area (Å²) in [4.78, 5) is 27.6. The van der Waals surface area contributed by atoms with Gasteiger partial charge in [0.1, 0.15) is 0 Å². The zero-order chi connectivity index (χ0) is 16.2. The minimum Gasteiger partial charge on any atom is -0.353 e. The van der Waals surface area contributed by atoms with E-state index in [-0.39, 0.29) is 23.9 Å². The zero-order valence-corrected chi connectivity index (χ0v) is 14.3. The Morgan fingerprint density at radius 1 is 1.39 bits per heavy atom. The predicted molar refractivity (Wildman–Crippen MR) is 89.0 cm³/mol. The van der Waals surface area contributed by atoms with E-state index in [1.54, 1.807) is 0 Å². The molecule has 1 aromatic heterocycles. The smallest absolute Gasteiger partial charge is 0.222 e. The van der Waals surface area contributed by atoms with Crippen molar-refractivity contribution < 1.29 is 9.59 Å². The number of carbonyl (C=O) groups is 2. The Bertz CT molecular complexity index is 566. The van der Waals surface area contributed by atoms with E-state index in [0.717, 1.165) is 37.3 Å². The van der Waals surface area contributed by atoms with Crippen LogP contribution in [0.5, 0.6) is 0 Å². The normalized spacial score (nSPS) is 27.7. The van der Waals surface area contributed by atoms with Crippen LogP contribution in [0.2, 0.25) is 0 Å². The predicted octanol–water partition coefficient (Wildman–Crippen LogP) is 1.61. The van der Waals surface area contributed by atoms with E-state index in [0.29, 0.717) is 18.1 Å². The first-order valence-electron chi connectivity index (χ1n) is 8.33. The number of amides is 2. The average molecular weight is 336 g/mol. The molecule has 1 atom stereocenters. The Hall–Kier alpha value is -1.50. The van der Waals surface area contributed by atoms with Crippen LogP contribution in [0.3, 0.4) is 0 Å². The van der Waals surface area contributed by atoms with Crippen LogP contribution < -0.4 is 10.6 Å². The van der Waals surface area contributed by atoms with Gasteiger partial charge in [-0.1, -0.05) is 11.8 Å². The van der Waals surface area contributed by atoms with Crippen molar-refractivity contribution >= 4 is 23.6 Å². The minimum absolute atomic E-state index is 0.0257. The molecular weight excluding hydrogens is 312 g/mol. The summed E-state index contributed by atoms with van der Waals surface area (Å²) in [6.45, 7) is 0. The van der Waals surface area contributed by atoms with E-state index in [1.807, 2.05) is 31.2 Å². The lowest BCUT2D eigenvalue weighted by atomic mass is 9.94.